The predicted octanol–water partition coefficient (Wildman–Crippen LogP) is 4.38. The Hall–Kier alpha value is -3.58. The molecular weight excluding hydrogens is 401 g/mol. The summed E-state index contributed by atoms with van der Waals surface area (Å²) in [5, 5.41) is 11.9. The van der Waals surface area contributed by atoms with Gasteiger partial charge < -0.3 is 19.3 Å². The Labute approximate surface area is 179 Å². The van der Waals surface area contributed by atoms with E-state index in [4.69, 9.17) is 14.2 Å². The lowest BCUT2D eigenvalue weighted by Gasteiger charge is -2.35. The zero-order valence-corrected chi connectivity index (χ0v) is 17.1. The van der Waals surface area contributed by atoms with Crippen LogP contribution in [0.25, 0.3) is 0 Å². The third-order valence-corrected chi connectivity index (χ3v) is 5.40. The molecule has 0 aromatic heterocycles. The van der Waals surface area contributed by atoms with Gasteiger partial charge in [-0.15, -0.1) is 0 Å². The van der Waals surface area contributed by atoms with Crippen LogP contribution in [-0.2, 0) is 17.0 Å². The van der Waals surface area contributed by atoms with Crippen LogP contribution in [0.3, 0.4) is 0 Å². The summed E-state index contributed by atoms with van der Waals surface area (Å²) in [7, 11) is 3.11. The summed E-state index contributed by atoms with van der Waals surface area (Å²) in [5.41, 5.74) is -0.0800. The van der Waals surface area contributed by atoms with Crippen LogP contribution < -0.4 is 9.47 Å². The molecule has 6 nitrogen and oxygen atoms in total. The highest BCUT2D eigenvalue weighted by Crippen LogP contribution is 2.47. The fourth-order valence-electron chi connectivity index (χ4n) is 3.71. The topological polar surface area (TPSA) is 68.2 Å². The van der Waals surface area contributed by atoms with Gasteiger partial charge in [0.25, 0.3) is 0 Å². The summed E-state index contributed by atoms with van der Waals surface area (Å²) in [6.45, 7) is 0.0360. The molecule has 0 aliphatic carbocycles. The molecule has 4 rings (SSSR count). The first-order chi connectivity index (χ1) is 15.0. The van der Waals surface area contributed by atoms with Crippen LogP contribution in [0, 0.1) is 5.82 Å². The van der Waals surface area contributed by atoms with Gasteiger partial charge in [-0.3, -0.25) is 4.90 Å². The number of nitrogens with zero attached hydrogens (tertiary/aromatic N) is 1. The minimum Gasteiger partial charge on any atom is -0.497 e. The number of ether oxygens (including phenoxy) is 3. The summed E-state index contributed by atoms with van der Waals surface area (Å²) < 4.78 is 29.4. The lowest BCUT2D eigenvalue weighted by atomic mass is 9.91. The fourth-order valence-corrected chi connectivity index (χ4v) is 3.71. The van der Waals surface area contributed by atoms with Crippen molar-refractivity contribution in [2.45, 2.75) is 18.4 Å². The van der Waals surface area contributed by atoms with Crippen LogP contribution in [0.5, 0.6) is 11.5 Å². The first-order valence-corrected chi connectivity index (χ1v) is 9.69. The van der Waals surface area contributed by atoms with Crippen LogP contribution >= 0.6 is 0 Å². The van der Waals surface area contributed by atoms with Crippen molar-refractivity contribution >= 4 is 6.09 Å². The van der Waals surface area contributed by atoms with Crippen molar-refractivity contribution in [1.82, 2.24) is 4.90 Å². The Morgan fingerprint density at radius 1 is 0.935 bits per heavy atom. The molecule has 3 aromatic carbocycles. The maximum Gasteiger partial charge on any atom is 0.413 e. The second kappa shape index (κ2) is 8.28. The molecule has 3 aromatic rings. The number of hydrogen-bond donors (Lipinski definition) is 1. The van der Waals surface area contributed by atoms with Crippen LogP contribution in [0.2, 0.25) is 0 Å². The number of cyclic esters (lactones) is 1. The minimum atomic E-state index is -1.80. The van der Waals surface area contributed by atoms with Gasteiger partial charge in [-0.2, -0.15) is 0 Å². The molecule has 1 aliphatic heterocycles. The van der Waals surface area contributed by atoms with E-state index in [-0.39, 0.29) is 12.4 Å². The zero-order valence-electron chi connectivity index (χ0n) is 17.1. The summed E-state index contributed by atoms with van der Waals surface area (Å²) in [6.07, 6.45) is -1.66. The van der Waals surface area contributed by atoms with E-state index in [1.165, 1.54) is 17.0 Å². The van der Waals surface area contributed by atoms with E-state index in [0.29, 0.717) is 28.2 Å². The van der Waals surface area contributed by atoms with Gasteiger partial charge in [0.1, 0.15) is 17.3 Å². The average molecular weight is 423 g/mol. The highest BCUT2D eigenvalue weighted by molar-refractivity contribution is 5.72. The highest BCUT2D eigenvalue weighted by atomic mass is 19.1. The van der Waals surface area contributed by atoms with Crippen molar-refractivity contribution in [3.05, 3.63) is 95.3 Å². The zero-order chi connectivity index (χ0) is 22.0. The Bertz CT molecular complexity index is 1050. The summed E-state index contributed by atoms with van der Waals surface area (Å²) in [5.74, 6) is 0.877. The molecule has 7 heteroatoms. The van der Waals surface area contributed by atoms with Gasteiger partial charge in [0.15, 0.2) is 6.10 Å². The molecule has 1 saturated heterocycles. The van der Waals surface area contributed by atoms with E-state index in [9.17, 15) is 14.3 Å². The SMILES string of the molecule is COc1ccc(C2OC(=O)N(Cc3ccc(F)cc3)C2(O)c2ccc(OC)cc2)cc1. The van der Waals surface area contributed by atoms with Crippen LogP contribution in [0.4, 0.5) is 9.18 Å². The number of hydrogen-bond acceptors (Lipinski definition) is 5. The van der Waals surface area contributed by atoms with E-state index in [1.807, 2.05) is 0 Å². The van der Waals surface area contributed by atoms with E-state index in [0.717, 1.165) is 0 Å². The standard InChI is InChI=1S/C24H22FNO5/c1-29-20-11-5-17(6-12-20)22-24(28,18-7-13-21(30-2)14-8-18)26(23(27)31-22)15-16-3-9-19(25)10-4-16/h3-14,22,28H,15H2,1-2H3. The molecular formula is C24H22FNO5. The van der Waals surface area contributed by atoms with Crippen LogP contribution in [-0.4, -0.2) is 30.3 Å². The first-order valence-electron chi connectivity index (χ1n) is 9.69. The molecule has 2 unspecified atom stereocenters. The highest BCUT2D eigenvalue weighted by Gasteiger charge is 2.56. The molecule has 1 amide bonds. The monoisotopic (exact) mass is 423 g/mol. The molecule has 1 aliphatic rings. The predicted molar refractivity (Wildman–Crippen MR) is 111 cm³/mol. The van der Waals surface area contributed by atoms with Gasteiger partial charge in [0.05, 0.1) is 20.8 Å². The lowest BCUT2D eigenvalue weighted by molar-refractivity contribution is -0.113. The number of benzene rings is 3. The Kier molecular flexibility index (Phi) is 5.52. The third-order valence-electron chi connectivity index (χ3n) is 5.40. The van der Waals surface area contributed by atoms with Crippen molar-refractivity contribution in [1.29, 1.82) is 0 Å². The first kappa shape index (κ1) is 20.7. The van der Waals surface area contributed by atoms with Gasteiger partial charge in [-0.25, -0.2) is 9.18 Å². The van der Waals surface area contributed by atoms with Gasteiger partial charge in [0, 0.05) is 5.56 Å². The Morgan fingerprint density at radius 3 is 2.03 bits per heavy atom. The molecule has 1 heterocycles. The van der Waals surface area contributed by atoms with Crippen molar-refractivity contribution in [3.63, 3.8) is 0 Å². The maximum absolute atomic E-state index is 13.3. The molecule has 1 N–H and O–H groups in total. The largest absolute Gasteiger partial charge is 0.497 e. The second-order valence-electron chi connectivity index (χ2n) is 7.20. The Morgan fingerprint density at radius 2 is 1.48 bits per heavy atom. The van der Waals surface area contributed by atoms with Crippen LogP contribution in [0.15, 0.2) is 72.8 Å². The minimum absolute atomic E-state index is 0.0360. The maximum atomic E-state index is 13.3. The van der Waals surface area contributed by atoms with Crippen molar-refractivity contribution < 1.29 is 28.5 Å². The molecule has 160 valence electrons. The fraction of sp³-hybridized carbons (Fsp3) is 0.208. The van der Waals surface area contributed by atoms with E-state index in [2.05, 4.69) is 0 Å². The normalized spacial score (nSPS) is 20.5. The third kappa shape index (κ3) is 3.80. The van der Waals surface area contributed by atoms with Crippen molar-refractivity contribution in [3.8, 4) is 11.5 Å². The number of carbonyl (C=O) groups is 1. The number of methoxy groups -OCH3 is 2. The molecule has 0 saturated carbocycles. The summed E-state index contributed by atoms with van der Waals surface area (Å²) in [6, 6.07) is 19.5. The van der Waals surface area contributed by atoms with Gasteiger partial charge in [-0.1, -0.05) is 36.4 Å². The summed E-state index contributed by atoms with van der Waals surface area (Å²) >= 11 is 0. The second-order valence-corrected chi connectivity index (χ2v) is 7.20. The number of amides is 1. The van der Waals surface area contributed by atoms with Crippen LogP contribution in [0.1, 0.15) is 22.8 Å². The molecule has 0 radical (unpaired) electrons. The Balaban J connectivity index is 1.78. The van der Waals surface area contributed by atoms with Gasteiger partial charge in [-0.05, 0) is 47.5 Å². The van der Waals surface area contributed by atoms with E-state index >= 15 is 0 Å². The van der Waals surface area contributed by atoms with E-state index < -0.39 is 17.9 Å². The van der Waals surface area contributed by atoms with Crippen molar-refractivity contribution in [2.24, 2.45) is 0 Å². The molecule has 2 atom stereocenters. The van der Waals surface area contributed by atoms with Crippen molar-refractivity contribution in [2.75, 3.05) is 14.2 Å². The average Bonchev–Trinajstić information content (AvgIpc) is 3.06. The van der Waals surface area contributed by atoms with Gasteiger partial charge >= 0.3 is 6.09 Å². The van der Waals surface area contributed by atoms with Gasteiger partial charge in [0.2, 0.25) is 5.72 Å². The molecule has 31 heavy (non-hydrogen) atoms. The quantitative estimate of drug-likeness (QED) is 0.637. The number of halogens is 1. The number of aliphatic hydroxyl groups is 1. The number of carbonyl (C=O) groups excluding carboxylic acids is 1. The summed E-state index contributed by atoms with van der Waals surface area (Å²) in [4.78, 5) is 14.1. The smallest absolute Gasteiger partial charge is 0.413 e. The lowest BCUT2D eigenvalue weighted by Crippen LogP contribution is -2.45. The molecule has 0 spiro atoms. The molecule has 0 bridgehead atoms. The molecule has 1 fully saturated rings. The van der Waals surface area contributed by atoms with E-state index in [1.54, 1.807) is 74.9 Å². The number of rotatable bonds is 6.